The van der Waals surface area contributed by atoms with Crippen LogP contribution in [0.5, 0.6) is 0 Å². The zero-order chi connectivity index (χ0) is 13.9. The maximum absolute atomic E-state index is 12.0. The van der Waals surface area contributed by atoms with Gasteiger partial charge in [0, 0.05) is 25.2 Å². The summed E-state index contributed by atoms with van der Waals surface area (Å²) in [7, 11) is 1.75. The van der Waals surface area contributed by atoms with E-state index >= 15 is 0 Å². The molecule has 0 aliphatic heterocycles. The number of aliphatic carboxylic acids is 1. The molecule has 0 fully saturated rings. The molecule has 0 aromatic carbocycles. The van der Waals surface area contributed by atoms with Crippen LogP contribution in [0, 0.1) is 6.92 Å². The van der Waals surface area contributed by atoms with Crippen LogP contribution in [0.2, 0.25) is 0 Å². The van der Waals surface area contributed by atoms with Crippen molar-refractivity contribution in [2.45, 2.75) is 39.2 Å². The predicted molar refractivity (Wildman–Crippen MR) is 66.4 cm³/mol. The van der Waals surface area contributed by atoms with Crippen LogP contribution in [-0.4, -0.2) is 32.3 Å². The highest BCUT2D eigenvalue weighted by Gasteiger charge is 2.23. The summed E-state index contributed by atoms with van der Waals surface area (Å²) >= 11 is 0. The van der Waals surface area contributed by atoms with Gasteiger partial charge in [0.15, 0.2) is 0 Å². The zero-order valence-electron chi connectivity index (χ0n) is 11.1. The molecule has 0 saturated heterocycles. The molecule has 6 nitrogen and oxygen atoms in total. The molecule has 1 amide bonds. The van der Waals surface area contributed by atoms with E-state index in [1.165, 1.54) is 0 Å². The first-order valence-electron chi connectivity index (χ1n) is 5.76. The Morgan fingerprint density at radius 2 is 2.11 bits per heavy atom. The normalized spacial score (nSPS) is 11.3. The standard InChI is InChI=1S/C12H19N3O3/c1-8-9(7-15(4)14-8)11(18)13-12(2,3)6-5-10(16)17/h7H,5-6H2,1-4H3,(H,13,18)(H,16,17). The molecule has 0 atom stereocenters. The zero-order valence-corrected chi connectivity index (χ0v) is 11.1. The Bertz CT molecular complexity index is 463. The van der Waals surface area contributed by atoms with E-state index in [0.717, 1.165) is 0 Å². The number of amides is 1. The lowest BCUT2D eigenvalue weighted by Crippen LogP contribution is -2.43. The van der Waals surface area contributed by atoms with Crippen molar-refractivity contribution in [1.29, 1.82) is 0 Å². The first kappa shape index (κ1) is 14.2. The fourth-order valence-electron chi connectivity index (χ4n) is 1.68. The number of nitrogens with zero attached hydrogens (tertiary/aromatic N) is 2. The molecule has 6 heteroatoms. The van der Waals surface area contributed by atoms with E-state index < -0.39 is 11.5 Å². The van der Waals surface area contributed by atoms with E-state index in [2.05, 4.69) is 10.4 Å². The van der Waals surface area contributed by atoms with Gasteiger partial charge in [-0.3, -0.25) is 14.3 Å². The lowest BCUT2D eigenvalue weighted by atomic mass is 9.98. The van der Waals surface area contributed by atoms with Gasteiger partial charge in [-0.25, -0.2) is 0 Å². The summed E-state index contributed by atoms with van der Waals surface area (Å²) in [6.07, 6.45) is 2.06. The highest BCUT2D eigenvalue weighted by molar-refractivity contribution is 5.95. The van der Waals surface area contributed by atoms with Crippen molar-refractivity contribution in [3.8, 4) is 0 Å². The van der Waals surface area contributed by atoms with Crippen LogP contribution in [0.4, 0.5) is 0 Å². The lowest BCUT2D eigenvalue weighted by Gasteiger charge is -2.25. The first-order chi connectivity index (χ1) is 8.21. The molecule has 18 heavy (non-hydrogen) atoms. The minimum atomic E-state index is -0.866. The van der Waals surface area contributed by atoms with Gasteiger partial charge in [0.05, 0.1) is 11.3 Å². The number of rotatable bonds is 5. The number of carbonyl (C=O) groups excluding carboxylic acids is 1. The monoisotopic (exact) mass is 253 g/mol. The van der Waals surface area contributed by atoms with Crippen molar-refractivity contribution in [2.75, 3.05) is 0 Å². The highest BCUT2D eigenvalue weighted by atomic mass is 16.4. The second kappa shape index (κ2) is 5.20. The minimum Gasteiger partial charge on any atom is -0.481 e. The van der Waals surface area contributed by atoms with Crippen molar-refractivity contribution in [3.63, 3.8) is 0 Å². The van der Waals surface area contributed by atoms with Crippen molar-refractivity contribution < 1.29 is 14.7 Å². The van der Waals surface area contributed by atoms with Gasteiger partial charge in [0.2, 0.25) is 0 Å². The van der Waals surface area contributed by atoms with Crippen LogP contribution in [0.15, 0.2) is 6.20 Å². The second-order valence-electron chi connectivity index (χ2n) is 5.03. The molecule has 1 heterocycles. The molecule has 1 aromatic rings. The topological polar surface area (TPSA) is 84.2 Å². The average Bonchev–Trinajstić information content (AvgIpc) is 2.54. The average molecular weight is 253 g/mol. The summed E-state index contributed by atoms with van der Waals surface area (Å²) in [5.41, 5.74) is 0.613. The third-order valence-corrected chi connectivity index (χ3v) is 2.67. The van der Waals surface area contributed by atoms with Gasteiger partial charge in [-0.1, -0.05) is 0 Å². The van der Waals surface area contributed by atoms with E-state index in [4.69, 9.17) is 5.11 Å². The molecular formula is C12H19N3O3. The van der Waals surface area contributed by atoms with E-state index in [9.17, 15) is 9.59 Å². The van der Waals surface area contributed by atoms with Crippen LogP contribution in [-0.2, 0) is 11.8 Å². The molecule has 0 bridgehead atoms. The number of hydrogen-bond acceptors (Lipinski definition) is 3. The lowest BCUT2D eigenvalue weighted by molar-refractivity contribution is -0.137. The van der Waals surface area contributed by atoms with Crippen molar-refractivity contribution >= 4 is 11.9 Å². The molecule has 0 saturated carbocycles. The van der Waals surface area contributed by atoms with Gasteiger partial charge in [-0.15, -0.1) is 0 Å². The molecule has 1 aromatic heterocycles. The first-order valence-corrected chi connectivity index (χ1v) is 5.76. The number of carboxylic acid groups (broad SMARTS) is 1. The molecule has 2 N–H and O–H groups in total. The molecule has 0 radical (unpaired) electrons. The molecule has 0 unspecified atom stereocenters. The third-order valence-electron chi connectivity index (χ3n) is 2.67. The Labute approximate surface area is 106 Å². The summed E-state index contributed by atoms with van der Waals surface area (Å²) in [5, 5.41) is 15.6. The highest BCUT2D eigenvalue weighted by Crippen LogP contribution is 2.13. The van der Waals surface area contributed by atoms with Crippen molar-refractivity contribution in [1.82, 2.24) is 15.1 Å². The van der Waals surface area contributed by atoms with Crippen molar-refractivity contribution in [2.24, 2.45) is 7.05 Å². The second-order valence-corrected chi connectivity index (χ2v) is 5.03. The smallest absolute Gasteiger partial charge is 0.303 e. The fraction of sp³-hybridized carbons (Fsp3) is 0.583. The molecule has 100 valence electrons. The Morgan fingerprint density at radius 3 is 2.56 bits per heavy atom. The largest absolute Gasteiger partial charge is 0.481 e. The maximum Gasteiger partial charge on any atom is 0.303 e. The number of aromatic nitrogens is 2. The Kier molecular flexibility index (Phi) is 4.11. The quantitative estimate of drug-likeness (QED) is 0.823. The van der Waals surface area contributed by atoms with Gasteiger partial charge in [0.25, 0.3) is 5.91 Å². The number of nitrogens with one attached hydrogen (secondary N) is 1. The van der Waals surface area contributed by atoms with E-state index in [0.29, 0.717) is 17.7 Å². The van der Waals surface area contributed by atoms with Crippen LogP contribution in [0.25, 0.3) is 0 Å². The Balaban J connectivity index is 2.69. The number of aryl methyl sites for hydroxylation is 2. The van der Waals surface area contributed by atoms with Crippen LogP contribution in [0.1, 0.15) is 42.7 Å². The van der Waals surface area contributed by atoms with E-state index in [1.54, 1.807) is 38.7 Å². The molecule has 1 rings (SSSR count). The van der Waals surface area contributed by atoms with Crippen molar-refractivity contribution in [3.05, 3.63) is 17.5 Å². The number of hydrogen-bond donors (Lipinski definition) is 2. The Hall–Kier alpha value is -1.85. The van der Waals surface area contributed by atoms with Crippen LogP contribution < -0.4 is 5.32 Å². The van der Waals surface area contributed by atoms with Gasteiger partial charge in [-0.2, -0.15) is 5.10 Å². The summed E-state index contributed by atoms with van der Waals surface area (Å²) in [5.74, 6) is -1.09. The minimum absolute atomic E-state index is 0.0271. The summed E-state index contributed by atoms with van der Waals surface area (Å²) in [6.45, 7) is 5.37. The van der Waals surface area contributed by atoms with Crippen LogP contribution >= 0.6 is 0 Å². The molecule has 0 aliphatic rings. The van der Waals surface area contributed by atoms with Gasteiger partial charge in [-0.05, 0) is 27.2 Å². The van der Waals surface area contributed by atoms with Gasteiger partial charge in [0.1, 0.15) is 0 Å². The molecular weight excluding hydrogens is 234 g/mol. The summed E-state index contributed by atoms with van der Waals surface area (Å²) in [4.78, 5) is 22.6. The van der Waals surface area contributed by atoms with Gasteiger partial charge >= 0.3 is 5.97 Å². The van der Waals surface area contributed by atoms with Gasteiger partial charge < -0.3 is 10.4 Å². The summed E-state index contributed by atoms with van der Waals surface area (Å²) in [6, 6.07) is 0. The third kappa shape index (κ3) is 3.87. The maximum atomic E-state index is 12.0. The number of carboxylic acids is 1. The predicted octanol–water partition coefficient (Wildman–Crippen LogP) is 1.10. The van der Waals surface area contributed by atoms with E-state index in [1.807, 2.05) is 0 Å². The summed E-state index contributed by atoms with van der Waals surface area (Å²) < 4.78 is 1.58. The Morgan fingerprint density at radius 1 is 1.50 bits per heavy atom. The molecule has 0 spiro atoms. The van der Waals surface area contributed by atoms with E-state index in [-0.39, 0.29) is 12.3 Å². The fourth-order valence-corrected chi connectivity index (χ4v) is 1.68. The number of carbonyl (C=O) groups is 2. The SMILES string of the molecule is Cc1nn(C)cc1C(=O)NC(C)(C)CCC(=O)O. The van der Waals surface area contributed by atoms with Crippen LogP contribution in [0.3, 0.4) is 0 Å². The molecule has 0 aliphatic carbocycles.